The molecule has 8 nitrogen and oxygen atoms in total. The van der Waals surface area contributed by atoms with Gasteiger partial charge in [-0.3, -0.25) is 0 Å². The first kappa shape index (κ1) is 24.0. The monoisotopic (exact) mass is 540 g/mol. The first-order valence-electron chi connectivity index (χ1n) is 11.7. The molecule has 1 aliphatic heterocycles. The van der Waals surface area contributed by atoms with Gasteiger partial charge >= 0.3 is 12.0 Å². The number of cyclic esters (lactones) is 1. The second-order valence-electron chi connectivity index (χ2n) is 8.63. The molecule has 0 aliphatic carbocycles. The highest BCUT2D eigenvalue weighted by Gasteiger charge is 2.48. The van der Waals surface area contributed by atoms with Gasteiger partial charge in [-0.25, -0.2) is 9.59 Å². The molecule has 2 amide bonds. The van der Waals surface area contributed by atoms with E-state index < -0.39 is 17.8 Å². The van der Waals surface area contributed by atoms with E-state index in [0.717, 1.165) is 22.1 Å². The number of hydrogen-bond acceptors (Lipinski definition) is 8. The Labute approximate surface area is 225 Å². The molecule has 0 radical (unpaired) electrons. The Balaban J connectivity index is 1.33. The minimum atomic E-state index is -1.98. The highest BCUT2D eigenvalue weighted by atomic mass is 32.1. The first-order valence-corrected chi connectivity index (χ1v) is 13.3. The first-order chi connectivity index (χ1) is 18.5. The summed E-state index contributed by atoms with van der Waals surface area (Å²) in [5.74, 6) is -2.60. The van der Waals surface area contributed by atoms with Crippen LogP contribution in [-0.2, 0) is 21.7 Å². The second-order valence-corrected chi connectivity index (χ2v) is 10.2. The Morgan fingerprint density at radius 1 is 0.895 bits per heavy atom. The fourth-order valence-corrected chi connectivity index (χ4v) is 5.63. The molecule has 6 rings (SSSR count). The molecule has 188 valence electrons. The van der Waals surface area contributed by atoms with Gasteiger partial charge in [0.1, 0.15) is 11.0 Å². The third-order valence-corrected chi connectivity index (χ3v) is 7.63. The summed E-state index contributed by atoms with van der Waals surface area (Å²) in [5, 5.41) is 19.3. The van der Waals surface area contributed by atoms with Gasteiger partial charge in [0.2, 0.25) is 0 Å². The zero-order valence-corrected chi connectivity index (χ0v) is 21.4. The van der Waals surface area contributed by atoms with Crippen LogP contribution in [0.4, 0.5) is 16.2 Å². The molecule has 3 aromatic carbocycles. The van der Waals surface area contributed by atoms with Crippen molar-refractivity contribution in [1.82, 2.24) is 8.75 Å². The van der Waals surface area contributed by atoms with Gasteiger partial charge in [-0.2, -0.15) is 8.75 Å². The third-order valence-electron chi connectivity index (χ3n) is 6.19. The van der Waals surface area contributed by atoms with Crippen molar-refractivity contribution in [3.63, 3.8) is 0 Å². The number of thiophene rings is 1. The van der Waals surface area contributed by atoms with Gasteiger partial charge in [0.05, 0.1) is 17.3 Å². The van der Waals surface area contributed by atoms with E-state index in [2.05, 4.69) is 19.4 Å². The Hall–Kier alpha value is -4.38. The van der Waals surface area contributed by atoms with E-state index in [-0.39, 0.29) is 0 Å². The van der Waals surface area contributed by atoms with Crippen molar-refractivity contribution in [1.29, 1.82) is 0 Å². The molecule has 2 aromatic heterocycles. The lowest BCUT2D eigenvalue weighted by atomic mass is 9.89. The fraction of sp³-hybridized carbons (Fsp3) is 0.0714. The average Bonchev–Trinajstić information content (AvgIpc) is 3.65. The van der Waals surface area contributed by atoms with E-state index >= 15 is 0 Å². The molecule has 0 saturated carbocycles. The molecule has 0 bridgehead atoms. The Morgan fingerprint density at radius 3 is 2.37 bits per heavy atom. The normalized spacial score (nSPS) is 17.0. The number of aliphatic hydroxyl groups is 1. The fourth-order valence-electron chi connectivity index (χ4n) is 4.39. The SMILES string of the molecule is O=C(Nc1ccccc1)Nc1ccc(C2(O)OC(=O)C(c3ccc4nsnc4c3)=C2Cc2cccs2)cc1. The van der Waals surface area contributed by atoms with Gasteiger partial charge in [-0.1, -0.05) is 42.5 Å². The molecule has 3 heterocycles. The lowest BCUT2D eigenvalue weighted by Crippen LogP contribution is -2.29. The Kier molecular flexibility index (Phi) is 6.20. The predicted molar refractivity (Wildman–Crippen MR) is 148 cm³/mol. The molecule has 1 aliphatic rings. The minimum Gasteiger partial charge on any atom is -0.421 e. The number of anilines is 2. The highest BCUT2D eigenvalue weighted by Crippen LogP contribution is 2.45. The molecule has 10 heteroatoms. The van der Waals surface area contributed by atoms with Crippen molar-refractivity contribution in [3.05, 3.63) is 112 Å². The maximum absolute atomic E-state index is 13.2. The number of ether oxygens (including phenoxy) is 1. The van der Waals surface area contributed by atoms with Crippen LogP contribution in [0.5, 0.6) is 0 Å². The van der Waals surface area contributed by atoms with Gasteiger partial charge in [-0.05, 0) is 53.4 Å². The summed E-state index contributed by atoms with van der Waals surface area (Å²) in [4.78, 5) is 26.6. The Bertz CT molecular complexity index is 1660. The molecule has 0 fully saturated rings. The van der Waals surface area contributed by atoms with E-state index in [1.54, 1.807) is 54.6 Å². The summed E-state index contributed by atoms with van der Waals surface area (Å²) in [6.45, 7) is 0. The summed E-state index contributed by atoms with van der Waals surface area (Å²) in [7, 11) is 0. The predicted octanol–water partition coefficient (Wildman–Crippen LogP) is 5.80. The molecule has 38 heavy (non-hydrogen) atoms. The van der Waals surface area contributed by atoms with Crippen LogP contribution in [-0.4, -0.2) is 25.9 Å². The van der Waals surface area contributed by atoms with Gasteiger partial charge in [0.15, 0.2) is 0 Å². The summed E-state index contributed by atoms with van der Waals surface area (Å²) in [6, 6.07) is 24.5. The number of nitrogens with zero attached hydrogens (tertiary/aromatic N) is 2. The van der Waals surface area contributed by atoms with Crippen LogP contribution < -0.4 is 10.6 Å². The van der Waals surface area contributed by atoms with E-state index in [9.17, 15) is 14.7 Å². The van der Waals surface area contributed by atoms with Crippen molar-refractivity contribution in [2.75, 3.05) is 10.6 Å². The quantitative estimate of drug-likeness (QED) is 0.235. The van der Waals surface area contributed by atoms with Crippen molar-refractivity contribution in [2.24, 2.45) is 0 Å². The lowest BCUT2D eigenvalue weighted by Gasteiger charge is -2.25. The molecular formula is C28H20N4O4S2. The number of fused-ring (bicyclic) bond motifs is 1. The molecule has 1 unspecified atom stereocenters. The Morgan fingerprint density at radius 2 is 1.63 bits per heavy atom. The third kappa shape index (κ3) is 4.56. The number of aromatic nitrogens is 2. The standard InChI is InChI=1S/C28H20N4O4S2/c33-26-25(17-8-13-23-24(15-17)32-38-31-23)22(16-21-7-4-14-37-21)28(35,36-26)18-9-11-20(12-10-18)30-27(34)29-19-5-2-1-3-6-19/h1-15,35H,16H2,(H2,29,30,34). The lowest BCUT2D eigenvalue weighted by molar-refractivity contribution is -0.185. The minimum absolute atomic E-state index is 0.306. The van der Waals surface area contributed by atoms with Crippen LogP contribution in [0.15, 0.2) is 95.9 Å². The van der Waals surface area contributed by atoms with E-state index in [1.807, 2.05) is 35.7 Å². The maximum atomic E-state index is 13.2. The number of esters is 1. The van der Waals surface area contributed by atoms with Gasteiger partial charge < -0.3 is 20.5 Å². The van der Waals surface area contributed by atoms with E-state index in [1.165, 1.54) is 11.3 Å². The van der Waals surface area contributed by atoms with Crippen LogP contribution in [0.3, 0.4) is 0 Å². The molecule has 5 aromatic rings. The van der Waals surface area contributed by atoms with Crippen LogP contribution in [0.25, 0.3) is 16.6 Å². The zero-order chi connectivity index (χ0) is 26.1. The number of carbonyl (C=O) groups excluding carboxylic acids is 2. The van der Waals surface area contributed by atoms with Crippen molar-refractivity contribution < 1.29 is 19.4 Å². The number of nitrogens with one attached hydrogen (secondary N) is 2. The number of carbonyl (C=O) groups is 2. The number of amides is 2. The number of benzene rings is 3. The number of rotatable bonds is 6. The van der Waals surface area contributed by atoms with Gasteiger partial charge in [-0.15, -0.1) is 11.3 Å². The summed E-state index contributed by atoms with van der Waals surface area (Å²) >= 11 is 2.63. The topological polar surface area (TPSA) is 113 Å². The van der Waals surface area contributed by atoms with Gasteiger partial charge in [0, 0.05) is 33.8 Å². The average molecular weight is 541 g/mol. The van der Waals surface area contributed by atoms with Crippen molar-refractivity contribution in [2.45, 2.75) is 12.2 Å². The zero-order valence-electron chi connectivity index (χ0n) is 19.8. The molecule has 0 saturated heterocycles. The van der Waals surface area contributed by atoms with E-state index in [0.29, 0.717) is 45.6 Å². The summed E-state index contributed by atoms with van der Waals surface area (Å²) in [5.41, 5.74) is 4.31. The smallest absolute Gasteiger partial charge is 0.342 e. The maximum Gasteiger partial charge on any atom is 0.342 e. The van der Waals surface area contributed by atoms with E-state index in [4.69, 9.17) is 4.74 Å². The molecule has 0 spiro atoms. The highest BCUT2D eigenvalue weighted by molar-refractivity contribution is 7.09. The number of hydrogen-bond donors (Lipinski definition) is 3. The van der Waals surface area contributed by atoms with Crippen LogP contribution >= 0.6 is 23.1 Å². The van der Waals surface area contributed by atoms with Crippen LogP contribution in [0.2, 0.25) is 0 Å². The molecule has 1 atom stereocenters. The summed E-state index contributed by atoms with van der Waals surface area (Å²) in [6.07, 6.45) is 0.322. The van der Waals surface area contributed by atoms with Crippen LogP contribution in [0, 0.1) is 0 Å². The van der Waals surface area contributed by atoms with Crippen molar-refractivity contribution in [3.8, 4) is 0 Å². The second kappa shape index (κ2) is 9.82. The molecule has 3 N–H and O–H groups in total. The van der Waals surface area contributed by atoms with Crippen LogP contribution in [0.1, 0.15) is 16.0 Å². The number of urea groups is 1. The molecular weight excluding hydrogens is 520 g/mol. The summed E-state index contributed by atoms with van der Waals surface area (Å²) < 4.78 is 14.2. The van der Waals surface area contributed by atoms with Crippen molar-refractivity contribution >= 4 is 63.0 Å². The largest absolute Gasteiger partial charge is 0.421 e. The number of para-hydroxylation sites is 1. The van der Waals surface area contributed by atoms with Gasteiger partial charge in [0.25, 0.3) is 5.79 Å².